The molecular formula is C16H17BrFN3. The third-order valence-corrected chi connectivity index (χ3v) is 4.34. The van der Waals surface area contributed by atoms with Gasteiger partial charge in [0.15, 0.2) is 0 Å². The van der Waals surface area contributed by atoms with Crippen molar-refractivity contribution in [1.82, 2.24) is 9.88 Å². The summed E-state index contributed by atoms with van der Waals surface area (Å²) in [5.41, 5.74) is 1.13. The summed E-state index contributed by atoms with van der Waals surface area (Å²) in [7, 11) is 0. The summed E-state index contributed by atoms with van der Waals surface area (Å²) in [6.45, 7) is 4.78. The molecule has 0 aliphatic carbocycles. The fourth-order valence-electron chi connectivity index (χ4n) is 2.57. The van der Waals surface area contributed by atoms with E-state index in [9.17, 15) is 4.39 Å². The molecule has 1 saturated heterocycles. The van der Waals surface area contributed by atoms with E-state index in [1.165, 1.54) is 6.07 Å². The van der Waals surface area contributed by atoms with Gasteiger partial charge in [-0.1, -0.05) is 12.1 Å². The van der Waals surface area contributed by atoms with E-state index in [1.807, 2.05) is 36.5 Å². The number of nitrogens with zero attached hydrogens (tertiary/aromatic N) is 3. The Bertz CT molecular complexity index is 598. The molecular weight excluding hydrogens is 333 g/mol. The normalized spacial score (nSPS) is 16.2. The van der Waals surface area contributed by atoms with Crippen molar-refractivity contribution < 1.29 is 4.39 Å². The van der Waals surface area contributed by atoms with E-state index >= 15 is 0 Å². The van der Waals surface area contributed by atoms with E-state index in [4.69, 9.17) is 0 Å². The van der Waals surface area contributed by atoms with Crippen molar-refractivity contribution in [3.63, 3.8) is 0 Å². The summed E-state index contributed by atoms with van der Waals surface area (Å²) in [4.78, 5) is 9.08. The molecule has 0 atom stereocenters. The molecule has 3 rings (SSSR count). The van der Waals surface area contributed by atoms with Gasteiger partial charge in [0.2, 0.25) is 0 Å². The lowest BCUT2D eigenvalue weighted by Gasteiger charge is -2.35. The largest absolute Gasteiger partial charge is 0.354 e. The second-order valence-corrected chi connectivity index (χ2v) is 6.05. The zero-order valence-electron chi connectivity index (χ0n) is 11.7. The quantitative estimate of drug-likeness (QED) is 0.847. The highest BCUT2D eigenvalue weighted by molar-refractivity contribution is 9.10. The van der Waals surface area contributed by atoms with Gasteiger partial charge in [0.05, 0.1) is 4.47 Å². The second-order valence-electron chi connectivity index (χ2n) is 5.20. The van der Waals surface area contributed by atoms with Crippen LogP contribution in [-0.4, -0.2) is 36.1 Å². The van der Waals surface area contributed by atoms with Crippen LogP contribution < -0.4 is 4.90 Å². The molecule has 5 heteroatoms. The van der Waals surface area contributed by atoms with E-state index in [1.54, 1.807) is 0 Å². The first-order valence-corrected chi connectivity index (χ1v) is 7.84. The SMILES string of the molecule is Fc1ccc(CN2CCN(c3ccccn3)CC2)cc1Br. The Morgan fingerprint density at radius 2 is 1.90 bits per heavy atom. The van der Waals surface area contributed by atoms with Crippen molar-refractivity contribution in [1.29, 1.82) is 0 Å². The van der Waals surface area contributed by atoms with Crippen molar-refractivity contribution in [3.8, 4) is 0 Å². The third kappa shape index (κ3) is 3.60. The minimum atomic E-state index is -0.210. The number of rotatable bonds is 3. The van der Waals surface area contributed by atoms with Crippen molar-refractivity contribution in [2.24, 2.45) is 0 Å². The molecule has 0 bridgehead atoms. The lowest BCUT2D eigenvalue weighted by molar-refractivity contribution is 0.249. The lowest BCUT2D eigenvalue weighted by Crippen LogP contribution is -2.46. The predicted molar refractivity (Wildman–Crippen MR) is 85.8 cm³/mol. The van der Waals surface area contributed by atoms with E-state index < -0.39 is 0 Å². The van der Waals surface area contributed by atoms with Crippen molar-refractivity contribution in [2.75, 3.05) is 31.1 Å². The Kier molecular flexibility index (Phi) is 4.51. The van der Waals surface area contributed by atoms with Gasteiger partial charge in [-0.05, 0) is 45.8 Å². The first-order valence-electron chi connectivity index (χ1n) is 7.04. The van der Waals surface area contributed by atoms with Crippen LogP contribution in [0.1, 0.15) is 5.56 Å². The summed E-state index contributed by atoms with van der Waals surface area (Å²) in [6.07, 6.45) is 1.83. The van der Waals surface area contributed by atoms with Crippen LogP contribution >= 0.6 is 15.9 Å². The minimum absolute atomic E-state index is 0.210. The van der Waals surface area contributed by atoms with Gasteiger partial charge in [0.1, 0.15) is 11.6 Å². The number of hydrogen-bond donors (Lipinski definition) is 0. The van der Waals surface area contributed by atoms with E-state index in [2.05, 4.69) is 30.7 Å². The lowest BCUT2D eigenvalue weighted by atomic mass is 10.2. The van der Waals surface area contributed by atoms with Gasteiger partial charge in [0, 0.05) is 38.9 Å². The Morgan fingerprint density at radius 1 is 1.10 bits per heavy atom. The van der Waals surface area contributed by atoms with Crippen LogP contribution in [0.15, 0.2) is 47.1 Å². The first-order chi connectivity index (χ1) is 10.2. The van der Waals surface area contributed by atoms with Gasteiger partial charge in [-0.15, -0.1) is 0 Å². The van der Waals surface area contributed by atoms with Crippen LogP contribution in [0.5, 0.6) is 0 Å². The van der Waals surface area contributed by atoms with Crippen LogP contribution in [0.4, 0.5) is 10.2 Å². The first kappa shape index (κ1) is 14.5. The molecule has 1 fully saturated rings. The Morgan fingerprint density at radius 3 is 2.57 bits per heavy atom. The van der Waals surface area contributed by atoms with E-state index in [0.29, 0.717) is 4.47 Å². The van der Waals surface area contributed by atoms with Crippen molar-refractivity contribution in [2.45, 2.75) is 6.54 Å². The number of anilines is 1. The zero-order valence-corrected chi connectivity index (χ0v) is 13.3. The number of benzene rings is 1. The van der Waals surface area contributed by atoms with Crippen LogP contribution in [-0.2, 0) is 6.54 Å². The predicted octanol–water partition coefficient (Wildman–Crippen LogP) is 3.31. The van der Waals surface area contributed by atoms with Crippen molar-refractivity contribution >= 4 is 21.7 Å². The monoisotopic (exact) mass is 349 g/mol. The summed E-state index contributed by atoms with van der Waals surface area (Å²) in [6, 6.07) is 11.2. The molecule has 1 aliphatic heterocycles. The molecule has 2 aromatic rings. The number of pyridine rings is 1. The number of hydrogen-bond acceptors (Lipinski definition) is 3. The highest BCUT2D eigenvalue weighted by Gasteiger charge is 2.18. The van der Waals surface area contributed by atoms with Gasteiger partial charge >= 0.3 is 0 Å². The number of halogens is 2. The fraction of sp³-hybridized carbons (Fsp3) is 0.312. The number of piperazine rings is 1. The maximum atomic E-state index is 13.2. The molecule has 0 unspecified atom stereocenters. The minimum Gasteiger partial charge on any atom is -0.354 e. The third-order valence-electron chi connectivity index (χ3n) is 3.74. The van der Waals surface area contributed by atoms with Crippen molar-refractivity contribution in [3.05, 3.63) is 58.4 Å². The van der Waals surface area contributed by atoms with Gasteiger partial charge in [-0.25, -0.2) is 9.37 Å². The van der Waals surface area contributed by atoms with Crippen LogP contribution in [0.3, 0.4) is 0 Å². The molecule has 2 heterocycles. The van der Waals surface area contributed by atoms with Gasteiger partial charge < -0.3 is 4.90 Å². The molecule has 0 N–H and O–H groups in total. The van der Waals surface area contributed by atoms with E-state index in [0.717, 1.165) is 44.1 Å². The van der Waals surface area contributed by atoms with Crippen LogP contribution in [0.2, 0.25) is 0 Å². The Labute approximate surface area is 132 Å². The zero-order chi connectivity index (χ0) is 14.7. The summed E-state index contributed by atoms with van der Waals surface area (Å²) in [5.74, 6) is 0.834. The molecule has 1 aromatic heterocycles. The molecule has 0 saturated carbocycles. The van der Waals surface area contributed by atoms with E-state index in [-0.39, 0.29) is 5.82 Å². The molecule has 3 nitrogen and oxygen atoms in total. The highest BCUT2D eigenvalue weighted by Crippen LogP contribution is 2.19. The van der Waals surface area contributed by atoms with Gasteiger partial charge in [0.25, 0.3) is 0 Å². The summed E-state index contributed by atoms with van der Waals surface area (Å²) >= 11 is 3.24. The fourth-order valence-corrected chi connectivity index (χ4v) is 3.00. The molecule has 0 spiro atoms. The maximum absolute atomic E-state index is 13.2. The number of aromatic nitrogens is 1. The Balaban J connectivity index is 1.57. The molecule has 0 radical (unpaired) electrons. The topological polar surface area (TPSA) is 19.4 Å². The highest BCUT2D eigenvalue weighted by atomic mass is 79.9. The molecule has 21 heavy (non-hydrogen) atoms. The summed E-state index contributed by atoms with van der Waals surface area (Å²) < 4.78 is 13.8. The molecule has 1 aromatic carbocycles. The van der Waals surface area contributed by atoms with Crippen LogP contribution in [0, 0.1) is 5.82 Å². The Hall–Kier alpha value is -1.46. The maximum Gasteiger partial charge on any atom is 0.137 e. The smallest absolute Gasteiger partial charge is 0.137 e. The molecule has 110 valence electrons. The average Bonchev–Trinajstić information content (AvgIpc) is 2.53. The standard InChI is InChI=1S/C16H17BrFN3/c17-14-11-13(4-5-15(14)18)12-20-7-9-21(10-8-20)16-3-1-2-6-19-16/h1-6,11H,7-10,12H2. The van der Waals surface area contributed by atoms with Crippen LogP contribution in [0.25, 0.3) is 0 Å². The van der Waals surface area contributed by atoms with Gasteiger partial charge in [-0.3, -0.25) is 4.90 Å². The molecule has 1 aliphatic rings. The summed E-state index contributed by atoms with van der Waals surface area (Å²) in [5, 5.41) is 0. The van der Waals surface area contributed by atoms with Gasteiger partial charge in [-0.2, -0.15) is 0 Å². The molecule has 0 amide bonds. The average molecular weight is 350 g/mol. The second kappa shape index (κ2) is 6.54.